The van der Waals surface area contributed by atoms with Crippen molar-refractivity contribution in [1.82, 2.24) is 19.7 Å². The molecule has 0 saturated carbocycles. The van der Waals surface area contributed by atoms with Gasteiger partial charge in [0, 0.05) is 24.6 Å². The number of aryl methyl sites for hydroxylation is 1. The van der Waals surface area contributed by atoms with Crippen LogP contribution < -0.4 is 10.0 Å². The molecule has 27 heavy (non-hydrogen) atoms. The van der Waals surface area contributed by atoms with Gasteiger partial charge in [0.25, 0.3) is 15.9 Å². The number of hydrogen-bond acceptors (Lipinski definition) is 6. The van der Waals surface area contributed by atoms with E-state index in [2.05, 4.69) is 25.1 Å². The van der Waals surface area contributed by atoms with Crippen LogP contribution in [0, 0.1) is 0 Å². The maximum atomic E-state index is 12.4. The molecular formula is C16H15ClN6O3S. The van der Waals surface area contributed by atoms with Gasteiger partial charge in [-0.3, -0.25) is 9.48 Å². The van der Waals surface area contributed by atoms with E-state index in [1.165, 1.54) is 47.5 Å². The predicted molar refractivity (Wildman–Crippen MR) is 100 cm³/mol. The highest BCUT2D eigenvalue weighted by molar-refractivity contribution is 7.92. The molecule has 2 heterocycles. The van der Waals surface area contributed by atoms with Crippen LogP contribution in [0.4, 0.5) is 11.6 Å². The Morgan fingerprint density at radius 2 is 1.85 bits per heavy atom. The first kappa shape index (κ1) is 18.8. The number of benzene rings is 1. The Hall–Kier alpha value is -2.98. The van der Waals surface area contributed by atoms with E-state index in [4.69, 9.17) is 11.6 Å². The van der Waals surface area contributed by atoms with Crippen molar-refractivity contribution in [3.05, 3.63) is 59.6 Å². The van der Waals surface area contributed by atoms with Crippen molar-refractivity contribution in [3.63, 3.8) is 0 Å². The number of halogens is 1. The summed E-state index contributed by atoms with van der Waals surface area (Å²) in [5.41, 5.74) is 0.647. The topological polar surface area (TPSA) is 119 Å². The molecular weight excluding hydrogens is 392 g/mol. The molecule has 2 N–H and O–H groups in total. The van der Waals surface area contributed by atoms with Crippen molar-refractivity contribution in [2.45, 2.75) is 18.4 Å². The van der Waals surface area contributed by atoms with Gasteiger partial charge in [0.2, 0.25) is 5.95 Å². The Morgan fingerprint density at radius 1 is 1.19 bits per heavy atom. The fraction of sp³-hybridized carbons (Fsp3) is 0.125. The smallest absolute Gasteiger partial charge is 0.275 e. The first-order valence-corrected chi connectivity index (χ1v) is 9.69. The van der Waals surface area contributed by atoms with Crippen molar-refractivity contribution in [2.24, 2.45) is 0 Å². The molecule has 0 unspecified atom stereocenters. The minimum absolute atomic E-state index is 0.00424. The summed E-state index contributed by atoms with van der Waals surface area (Å²) in [5, 5.41) is 6.91. The molecule has 140 valence electrons. The van der Waals surface area contributed by atoms with Gasteiger partial charge in [0.1, 0.15) is 5.69 Å². The Morgan fingerprint density at radius 3 is 2.48 bits per heavy atom. The van der Waals surface area contributed by atoms with Crippen LogP contribution in [0.25, 0.3) is 0 Å². The lowest BCUT2D eigenvalue weighted by Gasteiger charge is -2.09. The summed E-state index contributed by atoms with van der Waals surface area (Å²) >= 11 is 6.00. The zero-order chi connectivity index (χ0) is 19.4. The largest absolute Gasteiger partial charge is 0.321 e. The monoisotopic (exact) mass is 406 g/mol. The molecule has 0 bridgehead atoms. The van der Waals surface area contributed by atoms with E-state index in [0.29, 0.717) is 12.2 Å². The number of nitrogens with one attached hydrogen (secondary N) is 2. The molecule has 11 heteroatoms. The minimum Gasteiger partial charge on any atom is -0.321 e. The molecule has 0 atom stereocenters. The van der Waals surface area contributed by atoms with Crippen LogP contribution in [0.2, 0.25) is 5.02 Å². The van der Waals surface area contributed by atoms with Crippen LogP contribution in [0.1, 0.15) is 17.4 Å². The van der Waals surface area contributed by atoms with Gasteiger partial charge in [0.15, 0.2) is 0 Å². The predicted octanol–water partition coefficient (Wildman–Crippen LogP) is 2.40. The van der Waals surface area contributed by atoms with E-state index in [9.17, 15) is 13.2 Å². The summed E-state index contributed by atoms with van der Waals surface area (Å²) < 4.78 is 28.4. The van der Waals surface area contributed by atoms with Crippen molar-refractivity contribution >= 4 is 39.2 Å². The van der Waals surface area contributed by atoms with E-state index < -0.39 is 15.9 Å². The number of aromatic nitrogens is 4. The molecule has 3 aromatic rings. The molecule has 0 aliphatic heterocycles. The Labute approximate surface area is 160 Å². The first-order valence-electron chi connectivity index (χ1n) is 7.83. The summed E-state index contributed by atoms with van der Waals surface area (Å²) in [6, 6.07) is 7.24. The SMILES string of the molecule is CCn1ncc(Cl)c1C(=O)Nc1ccc(S(=O)(=O)Nc2ncccn2)cc1. The Kier molecular flexibility index (Phi) is 5.38. The summed E-state index contributed by atoms with van der Waals surface area (Å²) in [6.07, 6.45) is 4.25. The van der Waals surface area contributed by atoms with Crippen molar-refractivity contribution in [1.29, 1.82) is 0 Å². The summed E-state index contributed by atoms with van der Waals surface area (Å²) in [6.45, 7) is 2.32. The van der Waals surface area contributed by atoms with Gasteiger partial charge < -0.3 is 5.32 Å². The average molecular weight is 407 g/mol. The zero-order valence-electron chi connectivity index (χ0n) is 14.1. The van der Waals surface area contributed by atoms with Crippen LogP contribution in [0.3, 0.4) is 0 Å². The standard InChI is InChI=1S/C16H15ClN6O3S/c1-2-23-14(13(17)10-20-23)15(24)21-11-4-6-12(7-5-11)27(25,26)22-16-18-8-3-9-19-16/h3-10H,2H2,1H3,(H,21,24)(H,18,19,22). The van der Waals surface area contributed by atoms with Crippen molar-refractivity contribution in [3.8, 4) is 0 Å². The number of carbonyl (C=O) groups excluding carboxylic acids is 1. The number of hydrogen-bond donors (Lipinski definition) is 2. The molecule has 0 fully saturated rings. The number of sulfonamides is 1. The van der Waals surface area contributed by atoms with Gasteiger partial charge in [-0.15, -0.1) is 0 Å². The van der Waals surface area contributed by atoms with Crippen LogP contribution in [0.5, 0.6) is 0 Å². The van der Waals surface area contributed by atoms with Crippen LogP contribution in [-0.2, 0) is 16.6 Å². The molecule has 2 aromatic heterocycles. The van der Waals surface area contributed by atoms with Crippen molar-refractivity contribution in [2.75, 3.05) is 10.0 Å². The molecule has 0 aliphatic carbocycles. The molecule has 0 saturated heterocycles. The molecule has 3 rings (SSSR count). The second-order valence-corrected chi connectivity index (χ2v) is 7.40. The van der Waals surface area contributed by atoms with E-state index in [-0.39, 0.29) is 21.6 Å². The lowest BCUT2D eigenvalue weighted by atomic mass is 10.3. The molecule has 9 nitrogen and oxygen atoms in total. The zero-order valence-corrected chi connectivity index (χ0v) is 15.7. The highest BCUT2D eigenvalue weighted by Gasteiger charge is 2.18. The van der Waals surface area contributed by atoms with E-state index >= 15 is 0 Å². The third-order valence-electron chi connectivity index (χ3n) is 3.52. The highest BCUT2D eigenvalue weighted by Crippen LogP contribution is 2.19. The second-order valence-electron chi connectivity index (χ2n) is 5.31. The second kappa shape index (κ2) is 7.72. The number of carbonyl (C=O) groups is 1. The lowest BCUT2D eigenvalue weighted by molar-refractivity contribution is 0.101. The molecule has 0 spiro atoms. The highest BCUT2D eigenvalue weighted by atomic mass is 35.5. The quantitative estimate of drug-likeness (QED) is 0.648. The third kappa shape index (κ3) is 4.23. The van der Waals surface area contributed by atoms with Gasteiger partial charge in [-0.1, -0.05) is 11.6 Å². The molecule has 1 amide bonds. The lowest BCUT2D eigenvalue weighted by Crippen LogP contribution is -2.18. The van der Waals surface area contributed by atoms with Crippen LogP contribution in [0.15, 0.2) is 53.8 Å². The molecule has 0 aliphatic rings. The van der Waals surface area contributed by atoms with Crippen LogP contribution >= 0.6 is 11.6 Å². The van der Waals surface area contributed by atoms with Gasteiger partial charge in [-0.2, -0.15) is 5.10 Å². The number of nitrogens with zero attached hydrogens (tertiary/aromatic N) is 4. The van der Waals surface area contributed by atoms with Gasteiger partial charge in [0.05, 0.1) is 16.1 Å². The van der Waals surface area contributed by atoms with Gasteiger partial charge >= 0.3 is 0 Å². The maximum absolute atomic E-state index is 12.4. The van der Waals surface area contributed by atoms with E-state index in [1.54, 1.807) is 6.07 Å². The van der Waals surface area contributed by atoms with Crippen molar-refractivity contribution < 1.29 is 13.2 Å². The van der Waals surface area contributed by atoms with E-state index in [1.807, 2.05) is 6.92 Å². The average Bonchev–Trinajstić information content (AvgIpc) is 3.03. The number of anilines is 2. The minimum atomic E-state index is -3.84. The molecule has 1 aromatic carbocycles. The summed E-state index contributed by atoms with van der Waals surface area (Å²) in [5.74, 6) is -0.469. The molecule has 0 radical (unpaired) electrons. The maximum Gasteiger partial charge on any atom is 0.275 e. The normalized spacial score (nSPS) is 11.2. The first-order chi connectivity index (χ1) is 12.9. The van der Waals surface area contributed by atoms with Gasteiger partial charge in [-0.05, 0) is 37.3 Å². The Balaban J connectivity index is 1.75. The summed E-state index contributed by atoms with van der Waals surface area (Å²) in [4.78, 5) is 20.0. The fourth-order valence-electron chi connectivity index (χ4n) is 2.27. The van der Waals surface area contributed by atoms with Gasteiger partial charge in [-0.25, -0.2) is 23.1 Å². The van der Waals surface area contributed by atoms with E-state index in [0.717, 1.165) is 0 Å². The number of rotatable bonds is 6. The third-order valence-corrected chi connectivity index (χ3v) is 5.14. The Bertz CT molecular complexity index is 1050. The summed E-state index contributed by atoms with van der Waals surface area (Å²) in [7, 11) is -3.84. The fourth-order valence-corrected chi connectivity index (χ4v) is 3.45. The van der Waals surface area contributed by atoms with Crippen LogP contribution in [-0.4, -0.2) is 34.1 Å². The number of amides is 1.